The monoisotopic (exact) mass is 287 g/mol. The molecule has 0 saturated heterocycles. The Morgan fingerprint density at radius 1 is 1.25 bits per heavy atom. The zero-order valence-electron chi connectivity index (χ0n) is 10.0. The molecule has 0 spiro atoms. The van der Waals surface area contributed by atoms with Crippen LogP contribution >= 0.6 is 0 Å². The SMILES string of the molecule is Nc1cc(-n2nnnc2C(F)(F)F)c(C2CC2)cc1F. The van der Waals surface area contributed by atoms with Crippen molar-refractivity contribution in [1.82, 2.24) is 20.2 Å². The molecule has 0 amide bonds. The highest BCUT2D eigenvalue weighted by molar-refractivity contribution is 5.55. The van der Waals surface area contributed by atoms with Gasteiger partial charge in [-0.25, -0.2) is 4.39 Å². The fraction of sp³-hybridized carbons (Fsp3) is 0.364. The number of halogens is 4. The Bertz CT molecular complexity index is 659. The molecular formula is C11H9F4N5. The van der Waals surface area contributed by atoms with Crippen LogP contribution in [0.4, 0.5) is 23.2 Å². The van der Waals surface area contributed by atoms with Gasteiger partial charge in [0, 0.05) is 0 Å². The van der Waals surface area contributed by atoms with Gasteiger partial charge in [-0.3, -0.25) is 0 Å². The van der Waals surface area contributed by atoms with E-state index in [2.05, 4.69) is 15.5 Å². The second-order valence-corrected chi connectivity index (χ2v) is 4.62. The molecule has 2 aromatic rings. The van der Waals surface area contributed by atoms with E-state index in [1.54, 1.807) is 0 Å². The van der Waals surface area contributed by atoms with E-state index in [9.17, 15) is 17.6 Å². The van der Waals surface area contributed by atoms with Crippen molar-refractivity contribution in [3.8, 4) is 5.69 Å². The molecule has 3 rings (SSSR count). The van der Waals surface area contributed by atoms with Gasteiger partial charge in [0.2, 0.25) is 0 Å². The highest BCUT2D eigenvalue weighted by atomic mass is 19.4. The van der Waals surface area contributed by atoms with Gasteiger partial charge in [-0.1, -0.05) is 0 Å². The van der Waals surface area contributed by atoms with Crippen molar-refractivity contribution in [2.75, 3.05) is 5.73 Å². The predicted octanol–water partition coefficient (Wildman–Crippen LogP) is 2.28. The Kier molecular flexibility index (Phi) is 2.66. The Balaban J connectivity index is 2.19. The molecule has 2 N–H and O–H groups in total. The van der Waals surface area contributed by atoms with E-state index in [0.29, 0.717) is 10.2 Å². The highest BCUT2D eigenvalue weighted by Crippen LogP contribution is 2.44. The van der Waals surface area contributed by atoms with Gasteiger partial charge in [-0.2, -0.15) is 17.9 Å². The van der Waals surface area contributed by atoms with E-state index in [1.807, 2.05) is 0 Å². The van der Waals surface area contributed by atoms with Crippen molar-refractivity contribution in [2.24, 2.45) is 0 Å². The smallest absolute Gasteiger partial charge is 0.396 e. The van der Waals surface area contributed by atoms with Crippen LogP contribution in [0.1, 0.15) is 30.1 Å². The zero-order chi connectivity index (χ0) is 14.5. The van der Waals surface area contributed by atoms with Crippen LogP contribution in [0.15, 0.2) is 12.1 Å². The summed E-state index contributed by atoms with van der Waals surface area (Å²) in [4.78, 5) is 0. The van der Waals surface area contributed by atoms with Gasteiger partial charge in [0.25, 0.3) is 5.82 Å². The van der Waals surface area contributed by atoms with Crippen molar-refractivity contribution in [1.29, 1.82) is 0 Å². The maximum absolute atomic E-state index is 13.5. The highest BCUT2D eigenvalue weighted by Gasteiger charge is 2.39. The predicted molar refractivity (Wildman–Crippen MR) is 60.5 cm³/mol. The van der Waals surface area contributed by atoms with E-state index in [0.717, 1.165) is 25.0 Å². The summed E-state index contributed by atoms with van der Waals surface area (Å²) in [5, 5.41) is 9.38. The first-order chi connectivity index (χ1) is 9.38. The molecule has 1 heterocycles. The van der Waals surface area contributed by atoms with Gasteiger partial charge in [-0.15, -0.1) is 5.10 Å². The van der Waals surface area contributed by atoms with E-state index in [1.165, 1.54) is 0 Å². The summed E-state index contributed by atoms with van der Waals surface area (Å²) in [6.07, 6.45) is -3.12. The topological polar surface area (TPSA) is 69.6 Å². The summed E-state index contributed by atoms with van der Waals surface area (Å²) < 4.78 is 52.6. The van der Waals surface area contributed by atoms with Crippen molar-refractivity contribution in [3.05, 3.63) is 29.3 Å². The molecule has 5 nitrogen and oxygen atoms in total. The number of nitrogens with two attached hydrogens (primary N) is 1. The second kappa shape index (κ2) is 4.15. The molecule has 0 unspecified atom stereocenters. The van der Waals surface area contributed by atoms with E-state index >= 15 is 0 Å². The van der Waals surface area contributed by atoms with E-state index in [-0.39, 0.29) is 17.3 Å². The maximum Gasteiger partial charge on any atom is 0.453 e. The third-order valence-corrected chi connectivity index (χ3v) is 3.11. The Hall–Kier alpha value is -2.19. The number of nitrogen functional groups attached to an aromatic ring is 1. The number of anilines is 1. The molecule has 106 valence electrons. The fourth-order valence-corrected chi connectivity index (χ4v) is 2.02. The molecule has 1 saturated carbocycles. The largest absolute Gasteiger partial charge is 0.453 e. The van der Waals surface area contributed by atoms with Crippen molar-refractivity contribution >= 4 is 5.69 Å². The molecule has 0 atom stereocenters. The molecule has 0 aliphatic heterocycles. The Morgan fingerprint density at radius 2 is 1.95 bits per heavy atom. The molecular weight excluding hydrogens is 278 g/mol. The number of hydrogen-bond donors (Lipinski definition) is 1. The number of benzene rings is 1. The molecule has 9 heteroatoms. The van der Waals surface area contributed by atoms with Crippen LogP contribution in [0, 0.1) is 5.82 Å². The standard InChI is InChI=1S/C11H9F4N5/c12-7-3-6(5-1-2-5)9(4-8(7)16)20-10(11(13,14)15)17-18-19-20/h3-5H,1-2,16H2. The van der Waals surface area contributed by atoms with Gasteiger partial charge in [0.1, 0.15) is 5.82 Å². The molecule has 1 aliphatic rings. The van der Waals surface area contributed by atoms with Crippen LogP contribution in [0.2, 0.25) is 0 Å². The number of alkyl halides is 3. The Morgan fingerprint density at radius 3 is 2.55 bits per heavy atom. The summed E-state index contributed by atoms with van der Waals surface area (Å²) in [6, 6.07) is 2.29. The van der Waals surface area contributed by atoms with Crippen LogP contribution < -0.4 is 5.73 Å². The minimum Gasteiger partial charge on any atom is -0.396 e. The first-order valence-electron chi connectivity index (χ1n) is 5.83. The average Bonchev–Trinajstić information content (AvgIpc) is 3.07. The van der Waals surface area contributed by atoms with Crippen LogP contribution in [0.3, 0.4) is 0 Å². The van der Waals surface area contributed by atoms with Gasteiger partial charge in [0.15, 0.2) is 0 Å². The first-order valence-corrected chi connectivity index (χ1v) is 5.83. The minimum atomic E-state index is -4.70. The molecule has 1 aromatic carbocycles. The molecule has 1 aliphatic carbocycles. The lowest BCUT2D eigenvalue weighted by Gasteiger charge is -2.12. The third kappa shape index (κ3) is 2.08. The first kappa shape index (κ1) is 12.8. The summed E-state index contributed by atoms with van der Waals surface area (Å²) in [5.74, 6) is -1.90. The molecule has 1 aromatic heterocycles. The average molecular weight is 287 g/mol. The van der Waals surface area contributed by atoms with Crippen molar-refractivity contribution in [3.63, 3.8) is 0 Å². The summed E-state index contributed by atoms with van der Waals surface area (Å²) >= 11 is 0. The third-order valence-electron chi connectivity index (χ3n) is 3.11. The summed E-state index contributed by atoms with van der Waals surface area (Å²) in [5.41, 5.74) is 5.71. The lowest BCUT2D eigenvalue weighted by molar-refractivity contribution is -0.146. The molecule has 1 fully saturated rings. The number of nitrogens with zero attached hydrogens (tertiary/aromatic N) is 4. The minimum absolute atomic E-state index is 0.0189. The molecule has 0 bridgehead atoms. The van der Waals surface area contributed by atoms with Crippen LogP contribution in [-0.4, -0.2) is 20.2 Å². The number of tetrazole rings is 1. The molecule has 0 radical (unpaired) electrons. The number of rotatable bonds is 2. The quantitative estimate of drug-likeness (QED) is 0.679. The van der Waals surface area contributed by atoms with Gasteiger partial charge < -0.3 is 5.73 Å². The normalized spacial score (nSPS) is 15.6. The van der Waals surface area contributed by atoms with Crippen molar-refractivity contribution < 1.29 is 17.6 Å². The fourth-order valence-electron chi connectivity index (χ4n) is 2.02. The van der Waals surface area contributed by atoms with Crippen LogP contribution in [0.25, 0.3) is 5.69 Å². The van der Waals surface area contributed by atoms with E-state index < -0.39 is 17.8 Å². The maximum atomic E-state index is 13.5. The van der Waals surface area contributed by atoms with Crippen LogP contribution in [-0.2, 0) is 6.18 Å². The summed E-state index contributed by atoms with van der Waals surface area (Å²) in [7, 11) is 0. The lowest BCUT2D eigenvalue weighted by Crippen LogP contribution is -2.16. The summed E-state index contributed by atoms with van der Waals surface area (Å²) in [6.45, 7) is 0. The lowest BCUT2D eigenvalue weighted by atomic mass is 10.1. The number of aromatic nitrogens is 4. The van der Waals surface area contributed by atoms with Crippen molar-refractivity contribution in [2.45, 2.75) is 24.9 Å². The van der Waals surface area contributed by atoms with Crippen LogP contribution in [0.5, 0.6) is 0 Å². The Labute approximate surface area is 110 Å². The number of hydrogen-bond acceptors (Lipinski definition) is 4. The zero-order valence-corrected chi connectivity index (χ0v) is 10.0. The van der Waals surface area contributed by atoms with Gasteiger partial charge >= 0.3 is 6.18 Å². The molecule has 20 heavy (non-hydrogen) atoms. The van der Waals surface area contributed by atoms with Gasteiger partial charge in [0.05, 0.1) is 11.4 Å². The van der Waals surface area contributed by atoms with Gasteiger partial charge in [-0.05, 0) is 46.9 Å². The van der Waals surface area contributed by atoms with E-state index in [4.69, 9.17) is 5.73 Å². The second-order valence-electron chi connectivity index (χ2n) is 4.62.